The van der Waals surface area contributed by atoms with Crippen LogP contribution in [0.2, 0.25) is 5.02 Å². The Morgan fingerprint density at radius 3 is 2.58 bits per heavy atom. The SMILES string of the molecule is [C-]#[N+]c1c(-c2ccc(CC(=O)Cc3cc(-c4ccc(F)cc4Cl)no3)cc2)nn(C(C)(C)CO)c1N. The lowest BCUT2D eigenvalue weighted by atomic mass is 10.0. The van der Waals surface area contributed by atoms with E-state index < -0.39 is 11.4 Å². The number of nitrogens with two attached hydrogens (primary N) is 1. The number of aromatic nitrogens is 3. The first-order valence-corrected chi connectivity index (χ1v) is 11.4. The maximum atomic E-state index is 13.3. The highest BCUT2D eigenvalue weighted by molar-refractivity contribution is 6.33. The van der Waals surface area contributed by atoms with E-state index in [1.54, 1.807) is 44.2 Å². The number of benzene rings is 2. The largest absolute Gasteiger partial charge is 0.394 e. The third-order valence-corrected chi connectivity index (χ3v) is 6.05. The van der Waals surface area contributed by atoms with Crippen molar-refractivity contribution in [2.24, 2.45) is 0 Å². The average Bonchev–Trinajstić information content (AvgIpc) is 3.43. The van der Waals surface area contributed by atoms with Crippen LogP contribution in [0.3, 0.4) is 0 Å². The van der Waals surface area contributed by atoms with E-state index in [1.165, 1.54) is 22.9 Å². The van der Waals surface area contributed by atoms with Gasteiger partial charge in [0, 0.05) is 18.1 Å². The number of hydrogen-bond acceptors (Lipinski definition) is 6. The Morgan fingerprint density at radius 1 is 1.22 bits per heavy atom. The number of Topliss-reactive ketones (excluding diaryl/α,β-unsaturated/α-hetero) is 1. The summed E-state index contributed by atoms with van der Waals surface area (Å²) in [7, 11) is 0. The highest BCUT2D eigenvalue weighted by Crippen LogP contribution is 2.37. The van der Waals surface area contributed by atoms with Crippen molar-refractivity contribution < 1.29 is 18.8 Å². The van der Waals surface area contributed by atoms with E-state index >= 15 is 0 Å². The van der Waals surface area contributed by atoms with Gasteiger partial charge in [0.25, 0.3) is 5.69 Å². The second-order valence-electron chi connectivity index (χ2n) is 8.97. The fourth-order valence-electron chi connectivity index (χ4n) is 3.74. The molecule has 0 unspecified atom stereocenters. The van der Waals surface area contributed by atoms with E-state index in [0.29, 0.717) is 28.3 Å². The minimum absolute atomic E-state index is 0.0343. The standard InChI is InChI=1S/C26H23ClFN5O3/c1-26(2,14-34)33-25(29)24(30-3)23(31-33)16-6-4-15(5-7-16)10-18(35)12-19-13-22(32-36-19)20-9-8-17(28)11-21(20)27/h4-9,11,13,34H,10,12,14,29H2,1-2H3. The fraction of sp³-hybridized carbons (Fsp3) is 0.231. The number of nitrogen functional groups attached to an aromatic ring is 1. The summed E-state index contributed by atoms with van der Waals surface area (Å²) in [5, 5.41) is 18.3. The van der Waals surface area contributed by atoms with Gasteiger partial charge in [-0.25, -0.2) is 9.24 Å². The molecule has 4 aromatic rings. The van der Waals surface area contributed by atoms with Crippen molar-refractivity contribution in [1.82, 2.24) is 14.9 Å². The monoisotopic (exact) mass is 507 g/mol. The molecule has 3 N–H and O–H groups in total. The molecular weight excluding hydrogens is 485 g/mol. The van der Waals surface area contributed by atoms with Crippen LogP contribution in [0.5, 0.6) is 0 Å². The number of nitrogens with zero attached hydrogens (tertiary/aromatic N) is 4. The summed E-state index contributed by atoms with van der Waals surface area (Å²) in [6.45, 7) is 10.9. The summed E-state index contributed by atoms with van der Waals surface area (Å²) in [6, 6.07) is 12.7. The predicted octanol–water partition coefficient (Wildman–Crippen LogP) is 5.21. The molecule has 0 spiro atoms. The van der Waals surface area contributed by atoms with Gasteiger partial charge in [-0.3, -0.25) is 9.48 Å². The average molecular weight is 508 g/mol. The molecule has 0 saturated carbocycles. The lowest BCUT2D eigenvalue weighted by Crippen LogP contribution is -2.32. The van der Waals surface area contributed by atoms with E-state index in [9.17, 15) is 14.3 Å². The van der Waals surface area contributed by atoms with Crippen molar-refractivity contribution >= 4 is 28.9 Å². The molecule has 0 radical (unpaired) electrons. The van der Waals surface area contributed by atoms with Gasteiger partial charge in [0.2, 0.25) is 0 Å². The fourth-order valence-corrected chi connectivity index (χ4v) is 4.01. The molecule has 184 valence electrons. The smallest absolute Gasteiger partial charge is 0.254 e. The minimum Gasteiger partial charge on any atom is -0.394 e. The number of halogens is 2. The molecule has 4 rings (SSSR count). The number of aliphatic hydroxyl groups is 1. The summed E-state index contributed by atoms with van der Waals surface area (Å²) >= 11 is 6.07. The van der Waals surface area contributed by atoms with Crippen LogP contribution in [0.1, 0.15) is 25.2 Å². The van der Waals surface area contributed by atoms with Gasteiger partial charge in [0.05, 0.1) is 30.2 Å². The molecule has 8 nitrogen and oxygen atoms in total. The van der Waals surface area contributed by atoms with Crippen LogP contribution in [-0.2, 0) is 23.2 Å². The van der Waals surface area contributed by atoms with E-state index in [-0.39, 0.29) is 41.8 Å². The van der Waals surface area contributed by atoms with Crippen LogP contribution in [-0.4, -0.2) is 32.4 Å². The minimum atomic E-state index is -0.767. The Bertz CT molecular complexity index is 1470. The van der Waals surface area contributed by atoms with Crippen LogP contribution >= 0.6 is 11.6 Å². The highest BCUT2D eigenvalue weighted by atomic mass is 35.5. The molecule has 2 aromatic heterocycles. The zero-order valence-electron chi connectivity index (χ0n) is 19.6. The third-order valence-electron chi connectivity index (χ3n) is 5.73. The van der Waals surface area contributed by atoms with Gasteiger partial charge in [0.15, 0.2) is 0 Å². The number of aliphatic hydroxyl groups excluding tert-OH is 1. The van der Waals surface area contributed by atoms with Crippen LogP contribution in [0.25, 0.3) is 27.4 Å². The molecule has 0 saturated heterocycles. The van der Waals surface area contributed by atoms with Crippen molar-refractivity contribution in [1.29, 1.82) is 0 Å². The molecule has 2 heterocycles. The van der Waals surface area contributed by atoms with Gasteiger partial charge < -0.3 is 15.4 Å². The van der Waals surface area contributed by atoms with Gasteiger partial charge in [-0.05, 0) is 43.2 Å². The zero-order chi connectivity index (χ0) is 26.0. The molecule has 0 amide bonds. The number of hydrogen-bond donors (Lipinski definition) is 2. The van der Waals surface area contributed by atoms with Gasteiger partial charge in [-0.2, -0.15) is 5.10 Å². The summed E-state index contributed by atoms with van der Waals surface area (Å²) in [6.07, 6.45) is 0.198. The number of anilines is 1. The number of rotatable bonds is 8. The lowest BCUT2D eigenvalue weighted by Gasteiger charge is -2.24. The van der Waals surface area contributed by atoms with Crippen LogP contribution in [0.4, 0.5) is 15.9 Å². The quantitative estimate of drug-likeness (QED) is 0.316. The van der Waals surface area contributed by atoms with E-state index in [0.717, 1.165) is 5.56 Å². The Balaban J connectivity index is 1.47. The third kappa shape index (κ3) is 5.00. The van der Waals surface area contributed by atoms with Crippen molar-refractivity contribution in [2.75, 3.05) is 12.3 Å². The maximum Gasteiger partial charge on any atom is 0.254 e. The molecule has 36 heavy (non-hydrogen) atoms. The highest BCUT2D eigenvalue weighted by Gasteiger charge is 2.27. The number of ketones is 1. The molecule has 0 fully saturated rings. The maximum absolute atomic E-state index is 13.3. The summed E-state index contributed by atoms with van der Waals surface area (Å²) < 4.78 is 20.0. The Labute approximate surface area is 211 Å². The molecule has 2 aromatic carbocycles. The van der Waals surface area contributed by atoms with Gasteiger partial charge in [-0.15, -0.1) is 0 Å². The second-order valence-corrected chi connectivity index (χ2v) is 9.38. The Morgan fingerprint density at radius 2 is 1.94 bits per heavy atom. The van der Waals surface area contributed by atoms with Crippen molar-refractivity contribution in [3.05, 3.63) is 82.1 Å². The molecule has 0 aliphatic heterocycles. The van der Waals surface area contributed by atoms with Crippen LogP contribution in [0, 0.1) is 12.4 Å². The summed E-state index contributed by atoms with van der Waals surface area (Å²) in [4.78, 5) is 16.2. The molecular formula is C26H23ClFN5O3. The van der Waals surface area contributed by atoms with Gasteiger partial charge in [0.1, 0.15) is 34.6 Å². The number of carbonyl (C=O) groups is 1. The van der Waals surface area contributed by atoms with Gasteiger partial charge in [-0.1, -0.05) is 41.0 Å². The molecule has 0 bridgehead atoms. The molecule has 0 aliphatic carbocycles. The summed E-state index contributed by atoms with van der Waals surface area (Å²) in [5.41, 5.74) is 8.37. The van der Waals surface area contributed by atoms with Crippen LogP contribution < -0.4 is 5.73 Å². The van der Waals surface area contributed by atoms with E-state index in [4.69, 9.17) is 28.4 Å². The van der Waals surface area contributed by atoms with Gasteiger partial charge >= 0.3 is 0 Å². The summed E-state index contributed by atoms with van der Waals surface area (Å²) in [5.74, 6) is 0.0217. The normalized spacial score (nSPS) is 11.4. The first-order valence-electron chi connectivity index (χ1n) is 11.0. The zero-order valence-corrected chi connectivity index (χ0v) is 20.4. The van der Waals surface area contributed by atoms with Crippen LogP contribution in [0.15, 0.2) is 53.1 Å². The van der Waals surface area contributed by atoms with E-state index in [1.807, 2.05) is 0 Å². The number of carbonyl (C=O) groups excluding carboxylic acids is 1. The van der Waals surface area contributed by atoms with Crippen molar-refractivity contribution in [2.45, 2.75) is 32.2 Å². The lowest BCUT2D eigenvalue weighted by molar-refractivity contribution is -0.118. The molecule has 0 atom stereocenters. The molecule has 10 heteroatoms. The predicted molar refractivity (Wildman–Crippen MR) is 134 cm³/mol. The molecule has 0 aliphatic rings. The van der Waals surface area contributed by atoms with Crippen molar-refractivity contribution in [3.8, 4) is 22.5 Å². The Hall–Kier alpha value is -4.00. The van der Waals surface area contributed by atoms with E-state index in [2.05, 4.69) is 15.1 Å². The Kier molecular flexibility index (Phi) is 6.93. The topological polar surface area (TPSA) is 112 Å². The second kappa shape index (κ2) is 9.93. The first-order chi connectivity index (χ1) is 17.1. The van der Waals surface area contributed by atoms with Crippen molar-refractivity contribution in [3.63, 3.8) is 0 Å². The first kappa shape index (κ1) is 25.1.